The van der Waals surface area contributed by atoms with Crippen molar-refractivity contribution in [1.82, 2.24) is 4.90 Å². The van der Waals surface area contributed by atoms with Crippen molar-refractivity contribution in [3.8, 4) is 5.75 Å². The molecule has 1 aliphatic rings. The minimum Gasteiger partial charge on any atom is -0.491 e. The summed E-state index contributed by atoms with van der Waals surface area (Å²) in [6.45, 7) is 6.72. The third-order valence-electron chi connectivity index (χ3n) is 4.31. The van der Waals surface area contributed by atoms with Crippen molar-refractivity contribution in [2.75, 3.05) is 32.0 Å². The molecule has 3 heteroatoms. The first kappa shape index (κ1) is 15.2. The molecular formula is C17H28N2O. The molecule has 0 aliphatic carbocycles. The normalized spacial score (nSPS) is 20.6. The summed E-state index contributed by atoms with van der Waals surface area (Å²) < 4.78 is 5.75. The molecule has 2 N–H and O–H groups in total. The Kier molecular flexibility index (Phi) is 6.19. The van der Waals surface area contributed by atoms with Crippen LogP contribution in [0.2, 0.25) is 0 Å². The van der Waals surface area contributed by atoms with Gasteiger partial charge < -0.3 is 15.4 Å². The highest BCUT2D eigenvalue weighted by Gasteiger charge is 2.15. The molecule has 20 heavy (non-hydrogen) atoms. The van der Waals surface area contributed by atoms with Gasteiger partial charge in [-0.05, 0) is 56.8 Å². The van der Waals surface area contributed by atoms with Crippen LogP contribution in [0.3, 0.4) is 0 Å². The minimum absolute atomic E-state index is 0.730. The fourth-order valence-corrected chi connectivity index (χ4v) is 2.94. The number of ether oxygens (including phenoxy) is 1. The van der Waals surface area contributed by atoms with E-state index in [-0.39, 0.29) is 0 Å². The molecule has 0 amide bonds. The molecule has 0 spiro atoms. The van der Waals surface area contributed by atoms with Gasteiger partial charge in [0, 0.05) is 6.54 Å². The monoisotopic (exact) mass is 276 g/mol. The summed E-state index contributed by atoms with van der Waals surface area (Å²) in [4.78, 5) is 2.59. The second kappa shape index (κ2) is 8.15. The maximum Gasteiger partial charge on any atom is 0.142 e. The number of nitrogens with zero attached hydrogens (tertiary/aromatic N) is 1. The van der Waals surface area contributed by atoms with Crippen molar-refractivity contribution < 1.29 is 4.74 Å². The Labute approximate surface area is 123 Å². The average Bonchev–Trinajstić information content (AvgIpc) is 2.70. The molecule has 1 fully saturated rings. The number of benzene rings is 1. The minimum atomic E-state index is 0.730. The topological polar surface area (TPSA) is 38.5 Å². The fraction of sp³-hybridized carbons (Fsp3) is 0.647. The van der Waals surface area contributed by atoms with Gasteiger partial charge in [-0.15, -0.1) is 0 Å². The SMILES string of the molecule is CCC1CCCN(CCCOc2ccccc2N)CC1. The largest absolute Gasteiger partial charge is 0.491 e. The summed E-state index contributed by atoms with van der Waals surface area (Å²) in [6, 6.07) is 7.72. The van der Waals surface area contributed by atoms with Crippen LogP contribution in [-0.4, -0.2) is 31.1 Å². The van der Waals surface area contributed by atoms with Gasteiger partial charge in [-0.25, -0.2) is 0 Å². The summed E-state index contributed by atoms with van der Waals surface area (Å²) >= 11 is 0. The molecule has 0 bridgehead atoms. The zero-order chi connectivity index (χ0) is 14.2. The third kappa shape index (κ3) is 4.71. The van der Waals surface area contributed by atoms with E-state index < -0.39 is 0 Å². The average molecular weight is 276 g/mol. The van der Waals surface area contributed by atoms with Crippen LogP contribution in [0, 0.1) is 5.92 Å². The van der Waals surface area contributed by atoms with E-state index in [2.05, 4.69) is 11.8 Å². The van der Waals surface area contributed by atoms with Crippen LogP contribution < -0.4 is 10.5 Å². The van der Waals surface area contributed by atoms with E-state index in [1.165, 1.54) is 38.8 Å². The van der Waals surface area contributed by atoms with Crippen LogP contribution in [-0.2, 0) is 0 Å². The number of hydrogen-bond acceptors (Lipinski definition) is 3. The zero-order valence-electron chi connectivity index (χ0n) is 12.7. The molecule has 3 nitrogen and oxygen atoms in total. The molecule has 1 heterocycles. The van der Waals surface area contributed by atoms with E-state index in [1.54, 1.807) is 0 Å². The summed E-state index contributed by atoms with van der Waals surface area (Å²) in [5.74, 6) is 1.76. The first-order chi connectivity index (χ1) is 9.79. The number of hydrogen-bond donors (Lipinski definition) is 1. The molecule has 0 aromatic heterocycles. The van der Waals surface area contributed by atoms with Gasteiger partial charge in [0.05, 0.1) is 12.3 Å². The quantitative estimate of drug-likeness (QED) is 0.638. The van der Waals surface area contributed by atoms with E-state index in [4.69, 9.17) is 10.5 Å². The lowest BCUT2D eigenvalue weighted by Gasteiger charge is -2.20. The Balaban J connectivity index is 1.65. The Bertz CT molecular complexity index is 394. The summed E-state index contributed by atoms with van der Waals surface area (Å²) in [6.07, 6.45) is 6.54. The number of anilines is 1. The zero-order valence-corrected chi connectivity index (χ0v) is 12.7. The lowest BCUT2D eigenvalue weighted by Crippen LogP contribution is -2.27. The molecule has 0 saturated carbocycles. The van der Waals surface area contributed by atoms with Gasteiger partial charge in [-0.1, -0.05) is 25.5 Å². The lowest BCUT2D eigenvalue weighted by molar-refractivity contribution is 0.238. The van der Waals surface area contributed by atoms with Crippen molar-refractivity contribution in [3.05, 3.63) is 24.3 Å². The predicted octanol–water partition coefficient (Wildman–Crippen LogP) is 3.55. The molecule has 2 rings (SSSR count). The van der Waals surface area contributed by atoms with Gasteiger partial charge in [0.1, 0.15) is 5.75 Å². The highest BCUT2D eigenvalue weighted by Crippen LogP contribution is 2.21. The summed E-state index contributed by atoms with van der Waals surface area (Å²) in [5.41, 5.74) is 6.59. The van der Waals surface area contributed by atoms with E-state index in [9.17, 15) is 0 Å². The van der Waals surface area contributed by atoms with E-state index in [0.29, 0.717) is 0 Å². The second-order valence-corrected chi connectivity index (χ2v) is 5.79. The van der Waals surface area contributed by atoms with Gasteiger partial charge in [-0.3, -0.25) is 0 Å². The van der Waals surface area contributed by atoms with Crippen LogP contribution in [0.25, 0.3) is 0 Å². The van der Waals surface area contributed by atoms with Gasteiger partial charge in [0.2, 0.25) is 0 Å². The number of para-hydroxylation sites is 2. The first-order valence-electron chi connectivity index (χ1n) is 7.99. The Morgan fingerprint density at radius 2 is 2.10 bits per heavy atom. The number of nitrogens with two attached hydrogens (primary N) is 1. The highest BCUT2D eigenvalue weighted by atomic mass is 16.5. The molecular weight excluding hydrogens is 248 g/mol. The summed E-state index contributed by atoms with van der Waals surface area (Å²) in [5, 5.41) is 0. The van der Waals surface area contributed by atoms with Crippen LogP contribution in [0.15, 0.2) is 24.3 Å². The van der Waals surface area contributed by atoms with Gasteiger partial charge in [-0.2, -0.15) is 0 Å². The van der Waals surface area contributed by atoms with Gasteiger partial charge in [0.15, 0.2) is 0 Å². The molecule has 1 aromatic rings. The van der Waals surface area contributed by atoms with E-state index in [1.807, 2.05) is 24.3 Å². The maximum absolute atomic E-state index is 5.86. The molecule has 1 aliphatic heterocycles. The van der Waals surface area contributed by atoms with Crippen molar-refractivity contribution in [2.45, 2.75) is 39.0 Å². The van der Waals surface area contributed by atoms with E-state index >= 15 is 0 Å². The van der Waals surface area contributed by atoms with Gasteiger partial charge >= 0.3 is 0 Å². The Hall–Kier alpha value is -1.22. The molecule has 1 unspecified atom stereocenters. The molecule has 1 aromatic carbocycles. The molecule has 1 saturated heterocycles. The molecule has 1 atom stereocenters. The van der Waals surface area contributed by atoms with Crippen molar-refractivity contribution in [1.29, 1.82) is 0 Å². The van der Waals surface area contributed by atoms with Crippen molar-refractivity contribution in [2.24, 2.45) is 5.92 Å². The van der Waals surface area contributed by atoms with Crippen molar-refractivity contribution in [3.63, 3.8) is 0 Å². The Morgan fingerprint density at radius 1 is 1.25 bits per heavy atom. The van der Waals surface area contributed by atoms with Crippen LogP contribution >= 0.6 is 0 Å². The number of nitrogen functional groups attached to an aromatic ring is 1. The Morgan fingerprint density at radius 3 is 2.90 bits per heavy atom. The maximum atomic E-state index is 5.86. The second-order valence-electron chi connectivity index (χ2n) is 5.79. The molecule has 0 radical (unpaired) electrons. The van der Waals surface area contributed by atoms with Crippen LogP contribution in [0.4, 0.5) is 5.69 Å². The fourth-order valence-electron chi connectivity index (χ4n) is 2.94. The smallest absolute Gasteiger partial charge is 0.142 e. The number of likely N-dealkylation sites (tertiary alicyclic amines) is 1. The predicted molar refractivity (Wildman–Crippen MR) is 85.0 cm³/mol. The van der Waals surface area contributed by atoms with Crippen LogP contribution in [0.1, 0.15) is 39.0 Å². The first-order valence-corrected chi connectivity index (χ1v) is 7.99. The lowest BCUT2D eigenvalue weighted by atomic mass is 9.98. The van der Waals surface area contributed by atoms with Gasteiger partial charge in [0.25, 0.3) is 0 Å². The van der Waals surface area contributed by atoms with Crippen molar-refractivity contribution >= 4 is 5.69 Å². The third-order valence-corrected chi connectivity index (χ3v) is 4.31. The standard InChI is InChI=1S/C17H28N2O/c1-2-15-7-5-11-19(13-10-15)12-6-14-20-17-9-4-3-8-16(17)18/h3-4,8-9,15H,2,5-7,10-14,18H2,1H3. The summed E-state index contributed by atoms with van der Waals surface area (Å²) in [7, 11) is 0. The highest BCUT2D eigenvalue weighted by molar-refractivity contribution is 5.51. The number of rotatable bonds is 6. The van der Waals surface area contributed by atoms with E-state index in [0.717, 1.165) is 36.9 Å². The van der Waals surface area contributed by atoms with Crippen LogP contribution in [0.5, 0.6) is 5.75 Å². The molecule has 112 valence electrons.